The Hall–Kier alpha value is -3.26. The fraction of sp³-hybridized carbons (Fsp3) is 0.371. The number of allylic oxidation sites excluding steroid dienone is 3. The van der Waals surface area contributed by atoms with Crippen LogP contribution in [-0.4, -0.2) is 0 Å². The summed E-state index contributed by atoms with van der Waals surface area (Å²) in [5, 5.41) is 0. The Morgan fingerprint density at radius 2 is 1.11 bits per heavy atom. The zero-order valence-corrected chi connectivity index (χ0v) is 22.6. The van der Waals surface area contributed by atoms with E-state index in [2.05, 4.69) is 61.6 Å². The van der Waals surface area contributed by atoms with Crippen molar-refractivity contribution in [2.45, 2.75) is 84.3 Å². The van der Waals surface area contributed by atoms with Crippen LogP contribution in [-0.2, 0) is 13.2 Å². The molecule has 0 saturated heterocycles. The molecule has 3 aromatic rings. The second-order valence-corrected chi connectivity index (χ2v) is 9.58. The van der Waals surface area contributed by atoms with Crippen molar-refractivity contribution in [2.75, 3.05) is 0 Å². The molecule has 0 bridgehead atoms. The predicted molar refractivity (Wildman–Crippen MR) is 158 cm³/mol. The number of ether oxygens (including phenoxy) is 2. The lowest BCUT2D eigenvalue weighted by molar-refractivity contribution is 0.255. The van der Waals surface area contributed by atoms with Gasteiger partial charge in [-0.15, -0.1) is 0 Å². The molecule has 2 nitrogen and oxygen atoms in total. The monoisotopic (exact) mass is 496 g/mol. The van der Waals surface area contributed by atoms with Crippen LogP contribution in [0.2, 0.25) is 0 Å². The molecule has 0 aliphatic rings. The molecule has 0 N–H and O–H groups in total. The largest absolute Gasteiger partial charge is 0.485 e. The summed E-state index contributed by atoms with van der Waals surface area (Å²) in [5.41, 5.74) is 3.35. The number of hydrogen-bond donors (Lipinski definition) is 0. The SMILES string of the molecule is CCCCCC/C=C/CCCCC/C=C/c1cccc(OCc2ccccc2)c1OCc1ccccc1. The molecule has 0 unspecified atom stereocenters. The molecule has 0 saturated carbocycles. The van der Waals surface area contributed by atoms with Crippen LogP contribution in [0.3, 0.4) is 0 Å². The van der Waals surface area contributed by atoms with Gasteiger partial charge in [-0.1, -0.05) is 130 Å². The summed E-state index contributed by atoms with van der Waals surface area (Å²) in [6, 6.07) is 26.7. The van der Waals surface area contributed by atoms with E-state index in [1.165, 1.54) is 57.8 Å². The minimum atomic E-state index is 0.513. The highest BCUT2D eigenvalue weighted by Gasteiger charge is 2.10. The molecule has 0 amide bonds. The van der Waals surface area contributed by atoms with Crippen LogP contribution in [0.15, 0.2) is 97.1 Å². The van der Waals surface area contributed by atoms with Crippen molar-refractivity contribution in [3.63, 3.8) is 0 Å². The van der Waals surface area contributed by atoms with Crippen LogP contribution < -0.4 is 9.47 Å². The molecule has 0 aliphatic carbocycles. The van der Waals surface area contributed by atoms with E-state index in [9.17, 15) is 0 Å². The lowest BCUT2D eigenvalue weighted by atomic mass is 10.1. The Morgan fingerprint density at radius 1 is 0.541 bits per heavy atom. The van der Waals surface area contributed by atoms with Crippen LogP contribution in [0.5, 0.6) is 11.5 Å². The number of hydrogen-bond acceptors (Lipinski definition) is 2. The summed E-state index contributed by atoms with van der Waals surface area (Å²) < 4.78 is 12.5. The van der Waals surface area contributed by atoms with Gasteiger partial charge in [-0.2, -0.15) is 0 Å². The molecular formula is C35H44O2. The van der Waals surface area contributed by atoms with Gasteiger partial charge < -0.3 is 9.47 Å². The molecule has 0 fully saturated rings. The number of unbranched alkanes of at least 4 members (excludes halogenated alkanes) is 8. The van der Waals surface area contributed by atoms with E-state index in [1.807, 2.05) is 48.5 Å². The first-order valence-electron chi connectivity index (χ1n) is 14.1. The number of para-hydroxylation sites is 1. The molecule has 0 spiro atoms. The minimum Gasteiger partial charge on any atom is -0.485 e. The van der Waals surface area contributed by atoms with Crippen LogP contribution in [0.1, 0.15) is 87.8 Å². The van der Waals surface area contributed by atoms with E-state index >= 15 is 0 Å². The van der Waals surface area contributed by atoms with Gasteiger partial charge >= 0.3 is 0 Å². The fourth-order valence-electron chi connectivity index (χ4n) is 4.23. The summed E-state index contributed by atoms with van der Waals surface area (Å²) in [4.78, 5) is 0. The van der Waals surface area contributed by atoms with Gasteiger partial charge in [0.25, 0.3) is 0 Å². The first-order chi connectivity index (χ1) is 18.4. The van der Waals surface area contributed by atoms with E-state index in [1.54, 1.807) is 0 Å². The molecule has 0 aromatic heterocycles. The third kappa shape index (κ3) is 11.6. The second kappa shape index (κ2) is 18.1. The Kier molecular flexibility index (Phi) is 13.8. The van der Waals surface area contributed by atoms with Gasteiger partial charge in [0.05, 0.1) is 0 Å². The van der Waals surface area contributed by atoms with Crippen LogP contribution >= 0.6 is 0 Å². The summed E-state index contributed by atoms with van der Waals surface area (Å²) in [7, 11) is 0. The van der Waals surface area contributed by atoms with Gasteiger partial charge in [0.1, 0.15) is 13.2 Å². The van der Waals surface area contributed by atoms with E-state index in [-0.39, 0.29) is 0 Å². The first kappa shape index (κ1) is 28.3. The van der Waals surface area contributed by atoms with E-state index < -0.39 is 0 Å². The number of benzene rings is 3. The lowest BCUT2D eigenvalue weighted by Crippen LogP contribution is -2.02. The van der Waals surface area contributed by atoms with Crippen LogP contribution in [0.25, 0.3) is 6.08 Å². The van der Waals surface area contributed by atoms with Crippen molar-refractivity contribution in [1.82, 2.24) is 0 Å². The Balaban J connectivity index is 1.50. The van der Waals surface area contributed by atoms with Crippen LogP contribution in [0, 0.1) is 0 Å². The van der Waals surface area contributed by atoms with Gasteiger partial charge in [-0.25, -0.2) is 0 Å². The lowest BCUT2D eigenvalue weighted by Gasteiger charge is -2.15. The van der Waals surface area contributed by atoms with Crippen molar-refractivity contribution in [3.8, 4) is 11.5 Å². The average molecular weight is 497 g/mol. The van der Waals surface area contributed by atoms with Crippen molar-refractivity contribution >= 4 is 6.08 Å². The van der Waals surface area contributed by atoms with E-state index in [4.69, 9.17) is 9.47 Å². The highest BCUT2D eigenvalue weighted by Crippen LogP contribution is 2.34. The zero-order chi connectivity index (χ0) is 25.8. The molecule has 0 atom stereocenters. The maximum Gasteiger partial charge on any atom is 0.168 e. The molecule has 0 aliphatic heterocycles. The summed E-state index contributed by atoms with van der Waals surface area (Å²) in [6.07, 6.45) is 21.9. The van der Waals surface area contributed by atoms with Gasteiger partial charge in [-0.05, 0) is 55.7 Å². The van der Waals surface area contributed by atoms with Gasteiger partial charge in [0, 0.05) is 5.56 Å². The van der Waals surface area contributed by atoms with E-state index in [0.29, 0.717) is 13.2 Å². The number of rotatable bonds is 18. The fourth-order valence-corrected chi connectivity index (χ4v) is 4.23. The van der Waals surface area contributed by atoms with Crippen LogP contribution in [0.4, 0.5) is 0 Å². The maximum absolute atomic E-state index is 6.32. The summed E-state index contributed by atoms with van der Waals surface area (Å²) >= 11 is 0. The van der Waals surface area contributed by atoms with E-state index in [0.717, 1.165) is 34.6 Å². The molecule has 3 aromatic carbocycles. The van der Waals surface area contributed by atoms with Crippen molar-refractivity contribution in [1.29, 1.82) is 0 Å². The minimum absolute atomic E-state index is 0.513. The molecule has 196 valence electrons. The summed E-state index contributed by atoms with van der Waals surface area (Å²) in [6.45, 7) is 3.30. The molecule has 0 radical (unpaired) electrons. The highest BCUT2D eigenvalue weighted by atomic mass is 16.5. The van der Waals surface area contributed by atoms with Crippen molar-refractivity contribution in [3.05, 3.63) is 114 Å². The first-order valence-corrected chi connectivity index (χ1v) is 14.1. The third-order valence-corrected chi connectivity index (χ3v) is 6.40. The normalized spacial score (nSPS) is 11.4. The molecule has 2 heteroatoms. The zero-order valence-electron chi connectivity index (χ0n) is 22.6. The quantitative estimate of drug-likeness (QED) is 0.129. The van der Waals surface area contributed by atoms with Gasteiger partial charge in [0.2, 0.25) is 0 Å². The maximum atomic E-state index is 6.32. The van der Waals surface area contributed by atoms with Gasteiger partial charge in [-0.3, -0.25) is 0 Å². The second-order valence-electron chi connectivity index (χ2n) is 9.58. The average Bonchev–Trinajstić information content (AvgIpc) is 2.95. The standard InChI is InChI=1S/C35H44O2/c1-2-3-4-5-6-7-8-9-10-11-12-13-20-26-33-27-21-28-34(36-29-31-22-16-14-17-23-31)35(33)37-30-32-24-18-15-19-25-32/h7-8,14-28H,2-6,9-13,29-30H2,1H3/b8-7+,26-20+. The predicted octanol–water partition coefficient (Wildman–Crippen LogP) is 10.3. The Labute approximate surface area is 225 Å². The van der Waals surface area contributed by atoms with Gasteiger partial charge in [0.15, 0.2) is 11.5 Å². The highest BCUT2D eigenvalue weighted by molar-refractivity contribution is 5.62. The van der Waals surface area contributed by atoms with Crippen molar-refractivity contribution < 1.29 is 9.47 Å². The Bertz CT molecular complexity index is 1040. The van der Waals surface area contributed by atoms with Crippen molar-refractivity contribution in [2.24, 2.45) is 0 Å². The smallest absolute Gasteiger partial charge is 0.168 e. The third-order valence-electron chi connectivity index (χ3n) is 6.40. The molecule has 3 rings (SSSR count). The Morgan fingerprint density at radius 3 is 1.73 bits per heavy atom. The summed E-state index contributed by atoms with van der Waals surface area (Å²) in [5.74, 6) is 1.59. The molecule has 37 heavy (non-hydrogen) atoms. The molecule has 0 heterocycles. The molecular weight excluding hydrogens is 452 g/mol. The topological polar surface area (TPSA) is 18.5 Å².